The van der Waals surface area contributed by atoms with Gasteiger partial charge in [-0.25, -0.2) is 0 Å². The first-order valence-corrected chi connectivity index (χ1v) is 6.46. The van der Waals surface area contributed by atoms with Gasteiger partial charge in [-0.1, -0.05) is 34.1 Å². The fraction of sp³-hybridized carbons (Fsp3) is 0.923. The Morgan fingerprint density at radius 2 is 1.94 bits per heavy atom. The molecule has 1 aliphatic heterocycles. The highest BCUT2D eigenvalue weighted by Crippen LogP contribution is 2.31. The van der Waals surface area contributed by atoms with Gasteiger partial charge in [0.1, 0.15) is 12.5 Å². The van der Waals surface area contributed by atoms with Crippen LogP contribution in [0, 0.1) is 5.41 Å². The van der Waals surface area contributed by atoms with Crippen molar-refractivity contribution in [2.75, 3.05) is 6.54 Å². The maximum Gasteiger partial charge on any atom is 0.124 e. The summed E-state index contributed by atoms with van der Waals surface area (Å²) in [4.78, 5) is 2.39. The Balaban J connectivity index is 2.76. The highest BCUT2D eigenvalue weighted by atomic mass is 15.6. The van der Waals surface area contributed by atoms with Crippen LogP contribution in [0.1, 0.15) is 54.4 Å². The molecule has 1 unspecified atom stereocenters. The lowest BCUT2D eigenvalue weighted by Crippen LogP contribution is -2.50. The summed E-state index contributed by atoms with van der Waals surface area (Å²) in [5, 5.41) is 6.78. The minimum Gasteiger partial charge on any atom is -0.339 e. The molecule has 3 nitrogen and oxygen atoms in total. The summed E-state index contributed by atoms with van der Waals surface area (Å²) in [6.07, 6.45) is 4.90. The fourth-order valence-electron chi connectivity index (χ4n) is 2.23. The summed E-state index contributed by atoms with van der Waals surface area (Å²) < 4.78 is 0. The molecule has 0 aliphatic carbocycles. The van der Waals surface area contributed by atoms with Gasteiger partial charge in [-0.05, 0) is 20.3 Å². The molecule has 1 atom stereocenters. The minimum absolute atomic E-state index is 0.231. The van der Waals surface area contributed by atoms with Gasteiger partial charge in [-0.15, -0.1) is 0 Å². The second-order valence-corrected chi connectivity index (χ2v) is 6.04. The van der Waals surface area contributed by atoms with E-state index in [2.05, 4.69) is 56.6 Å². The van der Waals surface area contributed by atoms with E-state index in [1.54, 1.807) is 0 Å². The number of unbranched alkanes of at least 4 members (excludes halogenated alkanes) is 1. The predicted molar refractivity (Wildman–Crippen MR) is 70.3 cm³/mol. The molecule has 1 aliphatic rings. The van der Waals surface area contributed by atoms with Crippen molar-refractivity contribution in [2.24, 2.45) is 10.5 Å². The molecule has 3 heteroatoms. The van der Waals surface area contributed by atoms with Gasteiger partial charge in [-0.2, -0.15) is 5.10 Å². The minimum atomic E-state index is 0.231. The largest absolute Gasteiger partial charge is 0.339 e. The van der Waals surface area contributed by atoms with Gasteiger partial charge in [0.2, 0.25) is 0 Å². The van der Waals surface area contributed by atoms with E-state index in [-0.39, 0.29) is 5.41 Å². The zero-order valence-corrected chi connectivity index (χ0v) is 11.7. The second-order valence-electron chi connectivity index (χ2n) is 6.04. The molecule has 0 aromatic carbocycles. The van der Waals surface area contributed by atoms with Crippen molar-refractivity contribution in [2.45, 2.75) is 66.6 Å². The average Bonchev–Trinajstić information content (AvgIpc) is 2.57. The first-order valence-electron chi connectivity index (χ1n) is 6.46. The summed E-state index contributed by atoms with van der Waals surface area (Å²) in [6.45, 7) is 14.6. The van der Waals surface area contributed by atoms with Crippen LogP contribution in [0.25, 0.3) is 0 Å². The van der Waals surface area contributed by atoms with E-state index >= 15 is 0 Å². The molecule has 0 N–H and O–H groups in total. The predicted octanol–water partition coefficient (Wildman–Crippen LogP) is 3.13. The smallest absolute Gasteiger partial charge is 0.124 e. The van der Waals surface area contributed by atoms with E-state index in [0.717, 1.165) is 6.54 Å². The van der Waals surface area contributed by atoms with Crippen LogP contribution in [0.3, 0.4) is 0 Å². The Morgan fingerprint density at radius 3 is 2.38 bits per heavy atom. The van der Waals surface area contributed by atoms with E-state index in [9.17, 15) is 0 Å². The van der Waals surface area contributed by atoms with Crippen molar-refractivity contribution >= 4 is 6.34 Å². The van der Waals surface area contributed by atoms with Gasteiger partial charge >= 0.3 is 0 Å². The van der Waals surface area contributed by atoms with Gasteiger partial charge in [0.05, 0.1) is 0 Å². The van der Waals surface area contributed by atoms with Crippen LogP contribution in [0.2, 0.25) is 0 Å². The van der Waals surface area contributed by atoms with Crippen LogP contribution in [0.15, 0.2) is 5.10 Å². The second kappa shape index (κ2) is 5.07. The van der Waals surface area contributed by atoms with Gasteiger partial charge < -0.3 is 4.90 Å². The molecule has 0 aromatic rings. The summed E-state index contributed by atoms with van der Waals surface area (Å²) in [6, 6.07) is 0.465. The summed E-state index contributed by atoms with van der Waals surface area (Å²) in [5.74, 6) is 0. The molecular weight excluding hydrogens is 198 g/mol. The highest BCUT2D eigenvalue weighted by molar-refractivity contribution is 5.57. The van der Waals surface area contributed by atoms with Crippen molar-refractivity contribution in [3.05, 3.63) is 0 Å². The Morgan fingerprint density at radius 1 is 1.31 bits per heavy atom. The fourth-order valence-corrected chi connectivity index (χ4v) is 2.23. The van der Waals surface area contributed by atoms with Crippen molar-refractivity contribution in [3.63, 3.8) is 0 Å². The molecule has 0 saturated heterocycles. The van der Waals surface area contributed by atoms with E-state index in [1.165, 1.54) is 12.8 Å². The van der Waals surface area contributed by atoms with Crippen LogP contribution < -0.4 is 0 Å². The van der Waals surface area contributed by atoms with Gasteiger partial charge in [0.25, 0.3) is 0 Å². The highest BCUT2D eigenvalue weighted by Gasteiger charge is 2.38. The lowest BCUT2D eigenvalue weighted by molar-refractivity contribution is 0.0158. The maximum atomic E-state index is 4.55. The molecule has 0 aromatic heterocycles. The first-order chi connectivity index (χ1) is 7.38. The average molecular weight is 225 g/mol. The number of hydrogen-bond acceptors (Lipinski definition) is 3. The maximum absolute atomic E-state index is 4.55. The number of hydrazone groups is 1. The zero-order valence-electron chi connectivity index (χ0n) is 11.7. The summed E-state index contributed by atoms with van der Waals surface area (Å²) >= 11 is 0. The lowest BCUT2D eigenvalue weighted by atomic mass is 9.90. The SMILES string of the molecule is CCCCN1C=NN(C(C)C)C1C(C)(C)C. The number of nitrogens with zero attached hydrogens (tertiary/aromatic N) is 3. The van der Waals surface area contributed by atoms with Crippen molar-refractivity contribution in [1.29, 1.82) is 0 Å². The van der Waals surface area contributed by atoms with E-state index in [4.69, 9.17) is 0 Å². The van der Waals surface area contributed by atoms with Crippen LogP contribution in [0.4, 0.5) is 0 Å². The molecule has 94 valence electrons. The normalized spacial score (nSPS) is 21.3. The topological polar surface area (TPSA) is 18.8 Å². The van der Waals surface area contributed by atoms with E-state index in [1.807, 2.05) is 6.34 Å². The molecule has 0 saturated carbocycles. The summed E-state index contributed by atoms with van der Waals surface area (Å²) in [5.41, 5.74) is 0.231. The molecule has 0 radical (unpaired) electrons. The van der Waals surface area contributed by atoms with Crippen molar-refractivity contribution in [1.82, 2.24) is 9.91 Å². The molecule has 0 bridgehead atoms. The molecule has 1 rings (SSSR count). The van der Waals surface area contributed by atoms with Crippen molar-refractivity contribution < 1.29 is 0 Å². The van der Waals surface area contributed by atoms with Gasteiger partial charge in [-0.3, -0.25) is 5.01 Å². The van der Waals surface area contributed by atoms with Gasteiger partial charge in [0, 0.05) is 18.0 Å². The Bertz CT molecular complexity index is 240. The van der Waals surface area contributed by atoms with Crippen molar-refractivity contribution in [3.8, 4) is 0 Å². The Labute approximate surface area is 100 Å². The number of hydrogen-bond donors (Lipinski definition) is 0. The third-order valence-corrected chi connectivity index (χ3v) is 2.97. The molecule has 0 amide bonds. The Hall–Kier alpha value is -0.730. The lowest BCUT2D eigenvalue weighted by Gasteiger charge is -2.41. The quantitative estimate of drug-likeness (QED) is 0.732. The molecular formula is C13H27N3. The Kier molecular flexibility index (Phi) is 4.22. The van der Waals surface area contributed by atoms with E-state index < -0.39 is 0 Å². The molecule has 16 heavy (non-hydrogen) atoms. The van der Waals surface area contributed by atoms with Crippen LogP contribution >= 0.6 is 0 Å². The van der Waals surface area contributed by atoms with Crippen LogP contribution in [0.5, 0.6) is 0 Å². The van der Waals surface area contributed by atoms with Crippen LogP contribution in [-0.2, 0) is 0 Å². The van der Waals surface area contributed by atoms with Crippen LogP contribution in [-0.4, -0.2) is 35.0 Å². The first kappa shape index (κ1) is 13.3. The standard InChI is InChI=1S/C13H27N3/c1-7-8-9-15-10-14-16(11(2)3)12(15)13(4,5)6/h10-12H,7-9H2,1-6H3. The van der Waals surface area contributed by atoms with E-state index in [0.29, 0.717) is 12.2 Å². The zero-order chi connectivity index (χ0) is 12.3. The summed E-state index contributed by atoms with van der Waals surface area (Å²) in [7, 11) is 0. The molecule has 0 fully saturated rings. The third kappa shape index (κ3) is 2.89. The third-order valence-electron chi connectivity index (χ3n) is 2.97. The molecule has 0 spiro atoms. The molecule has 1 heterocycles. The van der Waals surface area contributed by atoms with Gasteiger partial charge in [0.15, 0.2) is 0 Å². The number of rotatable bonds is 4. The monoisotopic (exact) mass is 225 g/mol.